The number of nitrogens with one attached hydrogen (secondary N) is 1. The number of hydrogen-bond donors (Lipinski definition) is 2. The van der Waals surface area contributed by atoms with Crippen LogP contribution in [0.2, 0.25) is 0 Å². The lowest BCUT2D eigenvalue weighted by Crippen LogP contribution is -3.09. The second-order valence-electron chi connectivity index (χ2n) is 8.33. The monoisotopic (exact) mass is 544 g/mol. The third kappa shape index (κ3) is 5.96. The van der Waals surface area contributed by atoms with Crippen LogP contribution in [0.4, 0.5) is 8.78 Å². The number of carbonyl (C=O) groups is 1. The van der Waals surface area contributed by atoms with Crippen molar-refractivity contribution in [2.45, 2.75) is 25.2 Å². The minimum absolute atomic E-state index is 0. The summed E-state index contributed by atoms with van der Waals surface area (Å²) in [6, 6.07) is 20.1. The molecule has 3 aromatic carbocycles. The quantitative estimate of drug-likeness (QED) is 0.391. The molecule has 0 fully saturated rings. The summed E-state index contributed by atoms with van der Waals surface area (Å²) >= 11 is 0. The molecule has 0 saturated heterocycles. The van der Waals surface area contributed by atoms with Crippen molar-refractivity contribution < 1.29 is 45.3 Å². The lowest BCUT2D eigenvalue weighted by atomic mass is 9.86. The SMILES string of the molecule is CC1N(CCOC(=O)C(O)(c2ccc(F)cc2)c2ccc(F)cc2)C=C[NH+]1Cc1ccccc1.[Br-]. The Labute approximate surface area is 214 Å². The largest absolute Gasteiger partial charge is 1.00 e. The van der Waals surface area contributed by atoms with Crippen molar-refractivity contribution in [3.05, 3.63) is 120 Å². The maximum atomic E-state index is 13.5. The van der Waals surface area contributed by atoms with E-state index in [9.17, 15) is 18.7 Å². The van der Waals surface area contributed by atoms with Gasteiger partial charge in [0.1, 0.15) is 31.0 Å². The van der Waals surface area contributed by atoms with Gasteiger partial charge in [-0.2, -0.15) is 0 Å². The van der Waals surface area contributed by atoms with E-state index in [0.717, 1.165) is 30.8 Å². The Hall–Kier alpha value is -3.07. The van der Waals surface area contributed by atoms with Crippen LogP contribution in [0.5, 0.6) is 0 Å². The number of hydrogen-bond acceptors (Lipinski definition) is 4. The van der Waals surface area contributed by atoms with E-state index in [2.05, 4.69) is 30.2 Å². The molecule has 5 nitrogen and oxygen atoms in total. The minimum Gasteiger partial charge on any atom is -1.00 e. The van der Waals surface area contributed by atoms with E-state index in [1.165, 1.54) is 34.7 Å². The van der Waals surface area contributed by atoms with Gasteiger partial charge in [0.15, 0.2) is 6.17 Å². The highest BCUT2D eigenvalue weighted by Crippen LogP contribution is 2.31. The Balaban J connectivity index is 0.00000342. The number of quaternary nitrogens is 1. The normalized spacial score (nSPS) is 17.2. The average Bonchev–Trinajstić information content (AvgIpc) is 3.19. The van der Waals surface area contributed by atoms with Gasteiger partial charge in [-0.25, -0.2) is 13.6 Å². The molecule has 1 aliphatic rings. The van der Waals surface area contributed by atoms with Crippen LogP contribution in [0.15, 0.2) is 91.3 Å². The van der Waals surface area contributed by atoms with Crippen LogP contribution in [-0.4, -0.2) is 35.3 Å². The van der Waals surface area contributed by atoms with Crippen molar-refractivity contribution in [1.29, 1.82) is 0 Å². The number of ether oxygens (including phenoxy) is 1. The highest BCUT2D eigenvalue weighted by molar-refractivity contribution is 5.85. The molecule has 0 saturated carbocycles. The molecule has 8 heteroatoms. The first-order valence-electron chi connectivity index (χ1n) is 11.1. The molecular formula is C27H27BrF2N2O3. The molecular weight excluding hydrogens is 518 g/mol. The average molecular weight is 545 g/mol. The van der Waals surface area contributed by atoms with E-state index in [1.807, 2.05) is 24.4 Å². The zero-order chi connectivity index (χ0) is 24.1. The van der Waals surface area contributed by atoms with Gasteiger partial charge in [0.2, 0.25) is 5.60 Å². The van der Waals surface area contributed by atoms with E-state index < -0.39 is 23.2 Å². The van der Waals surface area contributed by atoms with E-state index in [1.54, 1.807) is 0 Å². The number of aliphatic hydroxyl groups is 1. The minimum atomic E-state index is -2.20. The van der Waals surface area contributed by atoms with Crippen LogP contribution >= 0.6 is 0 Å². The topological polar surface area (TPSA) is 54.2 Å². The first-order valence-corrected chi connectivity index (χ1v) is 11.1. The van der Waals surface area contributed by atoms with Crippen molar-refractivity contribution >= 4 is 5.97 Å². The zero-order valence-corrected chi connectivity index (χ0v) is 20.8. The van der Waals surface area contributed by atoms with Crippen LogP contribution in [0, 0.1) is 11.6 Å². The van der Waals surface area contributed by atoms with Gasteiger partial charge in [-0.3, -0.25) is 4.90 Å². The second kappa shape index (κ2) is 11.6. The Morgan fingerprint density at radius 3 is 2.06 bits per heavy atom. The molecule has 35 heavy (non-hydrogen) atoms. The molecule has 184 valence electrons. The Morgan fingerprint density at radius 1 is 0.971 bits per heavy atom. The Morgan fingerprint density at radius 2 is 1.51 bits per heavy atom. The van der Waals surface area contributed by atoms with E-state index in [0.29, 0.717) is 6.54 Å². The smallest absolute Gasteiger partial charge is 0.347 e. The molecule has 3 aromatic rings. The summed E-state index contributed by atoms with van der Waals surface area (Å²) in [5.74, 6) is -1.91. The third-order valence-electron chi connectivity index (χ3n) is 6.17. The van der Waals surface area contributed by atoms with Crippen molar-refractivity contribution in [2.24, 2.45) is 0 Å². The van der Waals surface area contributed by atoms with Crippen LogP contribution in [0.25, 0.3) is 0 Å². The summed E-state index contributed by atoms with van der Waals surface area (Å²) in [5, 5.41) is 11.4. The number of halogens is 3. The molecule has 0 aromatic heterocycles. The molecule has 1 heterocycles. The molecule has 0 aliphatic carbocycles. The van der Waals surface area contributed by atoms with Gasteiger partial charge in [0, 0.05) is 12.5 Å². The predicted molar refractivity (Wildman–Crippen MR) is 123 cm³/mol. The maximum Gasteiger partial charge on any atom is 0.347 e. The molecule has 1 aliphatic heterocycles. The van der Waals surface area contributed by atoms with Crippen molar-refractivity contribution in [1.82, 2.24) is 4.90 Å². The van der Waals surface area contributed by atoms with Gasteiger partial charge >= 0.3 is 5.97 Å². The molecule has 4 rings (SSSR count). The lowest BCUT2D eigenvalue weighted by Gasteiger charge is -2.28. The van der Waals surface area contributed by atoms with E-state index in [-0.39, 0.29) is 40.9 Å². The van der Waals surface area contributed by atoms with Crippen LogP contribution in [0.3, 0.4) is 0 Å². The number of esters is 1. The number of nitrogens with zero attached hydrogens (tertiary/aromatic N) is 1. The second-order valence-corrected chi connectivity index (χ2v) is 8.33. The first-order chi connectivity index (χ1) is 16.4. The zero-order valence-electron chi connectivity index (χ0n) is 19.2. The van der Waals surface area contributed by atoms with Crippen LogP contribution < -0.4 is 21.9 Å². The van der Waals surface area contributed by atoms with Gasteiger partial charge in [0.25, 0.3) is 0 Å². The first kappa shape index (κ1) is 26.5. The summed E-state index contributed by atoms with van der Waals surface area (Å²) < 4.78 is 32.4. The fraction of sp³-hybridized carbons (Fsp3) is 0.222. The fourth-order valence-corrected chi connectivity index (χ4v) is 4.11. The molecule has 0 spiro atoms. The molecule has 0 radical (unpaired) electrons. The summed E-state index contributed by atoms with van der Waals surface area (Å²) in [7, 11) is 0. The predicted octanol–water partition coefficient (Wildman–Crippen LogP) is -0.0342. The Kier molecular flexibility index (Phi) is 8.77. The van der Waals surface area contributed by atoms with E-state index in [4.69, 9.17) is 4.74 Å². The highest BCUT2D eigenvalue weighted by atomic mass is 79.9. The highest BCUT2D eigenvalue weighted by Gasteiger charge is 2.42. The number of carbonyl (C=O) groups excluding carboxylic acids is 1. The van der Waals surface area contributed by atoms with Gasteiger partial charge in [-0.15, -0.1) is 0 Å². The molecule has 2 atom stereocenters. The number of benzene rings is 3. The molecule has 0 amide bonds. The van der Waals surface area contributed by atoms with Crippen molar-refractivity contribution in [2.75, 3.05) is 13.2 Å². The van der Waals surface area contributed by atoms with Crippen LogP contribution in [-0.2, 0) is 21.7 Å². The summed E-state index contributed by atoms with van der Waals surface area (Å²) in [6.07, 6.45) is 4.20. The molecule has 2 unspecified atom stereocenters. The fourth-order valence-electron chi connectivity index (χ4n) is 4.11. The maximum absolute atomic E-state index is 13.5. The third-order valence-corrected chi connectivity index (χ3v) is 6.17. The standard InChI is InChI=1S/C27H26F2N2O3.BrH/c1-20-30(15-16-31(20)19-21-5-3-2-4-6-21)17-18-34-26(32)27(33,22-7-11-24(28)12-8-22)23-9-13-25(29)14-10-23;/h2-16,20,33H,17-19H2,1H3;1H. The Bertz CT molecular complexity index is 1100. The van der Waals surface area contributed by atoms with Gasteiger partial charge in [-0.05, 0) is 35.4 Å². The number of rotatable bonds is 8. The summed E-state index contributed by atoms with van der Waals surface area (Å²) in [5.41, 5.74) is -0.693. The van der Waals surface area contributed by atoms with Gasteiger partial charge < -0.3 is 31.7 Å². The summed E-state index contributed by atoms with van der Waals surface area (Å²) in [4.78, 5) is 16.4. The van der Waals surface area contributed by atoms with Crippen LogP contribution in [0.1, 0.15) is 23.6 Å². The summed E-state index contributed by atoms with van der Waals surface area (Å²) in [6.45, 7) is 3.40. The molecule has 2 N–H and O–H groups in total. The van der Waals surface area contributed by atoms with Gasteiger partial charge in [-0.1, -0.05) is 54.6 Å². The van der Waals surface area contributed by atoms with Crippen molar-refractivity contribution in [3.63, 3.8) is 0 Å². The van der Waals surface area contributed by atoms with Gasteiger partial charge in [0.05, 0.1) is 12.7 Å². The molecule has 0 bridgehead atoms. The van der Waals surface area contributed by atoms with Crippen molar-refractivity contribution in [3.8, 4) is 0 Å². The lowest BCUT2D eigenvalue weighted by molar-refractivity contribution is -0.889. The van der Waals surface area contributed by atoms with E-state index >= 15 is 0 Å².